The molecule has 1 fully saturated rings. The van der Waals surface area contributed by atoms with Crippen LogP contribution in [0.15, 0.2) is 0 Å². The van der Waals surface area contributed by atoms with E-state index in [0.29, 0.717) is 5.92 Å². The van der Waals surface area contributed by atoms with E-state index in [1.807, 2.05) is 13.8 Å². The molecule has 1 heterocycles. The first-order chi connectivity index (χ1) is 6.32. The van der Waals surface area contributed by atoms with Gasteiger partial charge in [0, 0.05) is 0 Å². The summed E-state index contributed by atoms with van der Waals surface area (Å²) in [5.41, 5.74) is -0.520. The summed E-state index contributed by atoms with van der Waals surface area (Å²) < 4.78 is 5.60. The van der Waals surface area contributed by atoms with Crippen molar-refractivity contribution in [3.63, 3.8) is 0 Å². The minimum atomic E-state index is -0.285. The molecule has 2 heteroatoms. The first-order valence-electron chi connectivity index (χ1n) is 5.55. The number of carbonyl (C=O) groups excluding carboxylic acids is 1. The van der Waals surface area contributed by atoms with E-state index in [-0.39, 0.29) is 17.0 Å². The van der Waals surface area contributed by atoms with Crippen LogP contribution >= 0.6 is 0 Å². The summed E-state index contributed by atoms with van der Waals surface area (Å²) in [6, 6.07) is 0. The molecule has 1 rings (SSSR count). The Bertz CT molecular complexity index is 232. The number of carbonyl (C=O) groups is 1. The van der Waals surface area contributed by atoms with E-state index in [9.17, 15) is 4.79 Å². The third-order valence-electron chi connectivity index (χ3n) is 3.78. The van der Waals surface area contributed by atoms with Crippen LogP contribution in [0.3, 0.4) is 0 Å². The van der Waals surface area contributed by atoms with Crippen LogP contribution in [0.25, 0.3) is 0 Å². The molecule has 0 aromatic carbocycles. The van der Waals surface area contributed by atoms with Gasteiger partial charge in [0.1, 0.15) is 5.60 Å². The van der Waals surface area contributed by atoms with E-state index >= 15 is 0 Å². The van der Waals surface area contributed by atoms with Gasteiger partial charge in [-0.25, -0.2) is 0 Å². The quantitative estimate of drug-likeness (QED) is 0.637. The Hall–Kier alpha value is -0.530. The molecule has 0 aromatic rings. The van der Waals surface area contributed by atoms with Crippen molar-refractivity contribution >= 4 is 5.97 Å². The number of rotatable bonds is 2. The van der Waals surface area contributed by atoms with Gasteiger partial charge in [0.25, 0.3) is 0 Å². The van der Waals surface area contributed by atoms with Gasteiger partial charge >= 0.3 is 5.97 Å². The molecule has 0 N–H and O–H groups in total. The minimum Gasteiger partial charge on any atom is -0.459 e. The topological polar surface area (TPSA) is 26.3 Å². The molecule has 0 amide bonds. The lowest BCUT2D eigenvalue weighted by molar-refractivity contribution is -0.187. The molecule has 0 aliphatic carbocycles. The molecule has 0 bridgehead atoms. The molecule has 0 aromatic heterocycles. The van der Waals surface area contributed by atoms with Gasteiger partial charge in [-0.2, -0.15) is 0 Å². The minimum absolute atomic E-state index is 0.0356. The number of cyclic esters (lactones) is 1. The maximum Gasteiger partial charge on any atom is 0.312 e. The summed E-state index contributed by atoms with van der Waals surface area (Å²) >= 11 is 0. The van der Waals surface area contributed by atoms with Crippen molar-refractivity contribution in [2.45, 2.75) is 59.5 Å². The fourth-order valence-corrected chi connectivity index (χ4v) is 1.84. The van der Waals surface area contributed by atoms with Crippen molar-refractivity contribution in [3.05, 3.63) is 0 Å². The normalized spacial score (nSPS) is 33.6. The van der Waals surface area contributed by atoms with Crippen molar-refractivity contribution in [2.24, 2.45) is 11.3 Å². The van der Waals surface area contributed by atoms with Crippen LogP contribution in [-0.4, -0.2) is 11.6 Å². The largest absolute Gasteiger partial charge is 0.459 e. The number of esters is 1. The van der Waals surface area contributed by atoms with Gasteiger partial charge in [0.2, 0.25) is 0 Å². The molecule has 2 atom stereocenters. The van der Waals surface area contributed by atoms with E-state index in [2.05, 4.69) is 20.8 Å². The molecule has 82 valence electrons. The standard InChI is InChI=1S/C12H22O2/c1-6-9(2)12(5)8-7-11(3,4)10(13)14-12/h9H,6-8H2,1-5H3. The van der Waals surface area contributed by atoms with E-state index in [1.54, 1.807) is 0 Å². The Morgan fingerprint density at radius 3 is 2.36 bits per heavy atom. The molecule has 1 aliphatic heterocycles. The highest BCUT2D eigenvalue weighted by molar-refractivity contribution is 5.77. The molecular weight excluding hydrogens is 176 g/mol. The maximum atomic E-state index is 11.7. The zero-order chi connectivity index (χ0) is 11.0. The Morgan fingerprint density at radius 1 is 1.36 bits per heavy atom. The van der Waals surface area contributed by atoms with E-state index in [1.165, 1.54) is 0 Å². The third kappa shape index (κ3) is 1.94. The summed E-state index contributed by atoms with van der Waals surface area (Å²) in [6.07, 6.45) is 2.98. The van der Waals surface area contributed by atoms with Gasteiger partial charge in [-0.05, 0) is 46.0 Å². The fraction of sp³-hybridized carbons (Fsp3) is 0.917. The number of hydrogen-bond donors (Lipinski definition) is 0. The van der Waals surface area contributed by atoms with Crippen molar-refractivity contribution in [1.29, 1.82) is 0 Å². The molecule has 0 spiro atoms. The second kappa shape index (κ2) is 3.56. The van der Waals surface area contributed by atoms with Gasteiger partial charge in [0.05, 0.1) is 5.41 Å². The Kier molecular flexibility index (Phi) is 2.93. The lowest BCUT2D eigenvalue weighted by atomic mass is 9.75. The van der Waals surface area contributed by atoms with Crippen molar-refractivity contribution in [1.82, 2.24) is 0 Å². The molecule has 1 aliphatic rings. The van der Waals surface area contributed by atoms with Crippen LogP contribution in [0.2, 0.25) is 0 Å². The summed E-state index contributed by atoms with van der Waals surface area (Å²) in [6.45, 7) is 10.3. The maximum absolute atomic E-state index is 11.7. The zero-order valence-corrected chi connectivity index (χ0v) is 10.0. The molecule has 0 saturated carbocycles. The fourth-order valence-electron chi connectivity index (χ4n) is 1.84. The zero-order valence-electron chi connectivity index (χ0n) is 10.0. The summed E-state index contributed by atoms with van der Waals surface area (Å²) in [4.78, 5) is 11.7. The first-order valence-corrected chi connectivity index (χ1v) is 5.55. The van der Waals surface area contributed by atoms with Gasteiger partial charge in [0.15, 0.2) is 0 Å². The predicted octanol–water partition coefficient (Wildman–Crippen LogP) is 3.15. The van der Waals surface area contributed by atoms with Gasteiger partial charge in [-0.3, -0.25) is 4.79 Å². The third-order valence-corrected chi connectivity index (χ3v) is 3.78. The van der Waals surface area contributed by atoms with E-state index in [0.717, 1.165) is 19.3 Å². The van der Waals surface area contributed by atoms with E-state index in [4.69, 9.17) is 4.74 Å². The molecule has 14 heavy (non-hydrogen) atoms. The van der Waals surface area contributed by atoms with Crippen LogP contribution in [0.1, 0.15) is 53.9 Å². The van der Waals surface area contributed by atoms with E-state index < -0.39 is 0 Å². The SMILES string of the molecule is CCC(C)C1(C)CCC(C)(C)C(=O)O1. The lowest BCUT2D eigenvalue weighted by Gasteiger charge is -2.43. The molecule has 0 radical (unpaired) electrons. The number of hydrogen-bond acceptors (Lipinski definition) is 2. The van der Waals surface area contributed by atoms with Crippen molar-refractivity contribution in [2.75, 3.05) is 0 Å². The highest BCUT2D eigenvalue weighted by Crippen LogP contribution is 2.41. The monoisotopic (exact) mass is 198 g/mol. The van der Waals surface area contributed by atoms with Crippen LogP contribution in [0, 0.1) is 11.3 Å². The van der Waals surface area contributed by atoms with Gasteiger partial charge < -0.3 is 4.74 Å². The smallest absolute Gasteiger partial charge is 0.312 e. The van der Waals surface area contributed by atoms with Gasteiger partial charge in [-0.1, -0.05) is 13.8 Å². The van der Waals surface area contributed by atoms with Crippen LogP contribution in [0.5, 0.6) is 0 Å². The second-order valence-electron chi connectivity index (χ2n) is 5.40. The van der Waals surface area contributed by atoms with Crippen molar-refractivity contribution in [3.8, 4) is 0 Å². The average molecular weight is 198 g/mol. The van der Waals surface area contributed by atoms with Crippen LogP contribution in [0.4, 0.5) is 0 Å². The highest BCUT2D eigenvalue weighted by atomic mass is 16.6. The van der Waals surface area contributed by atoms with Crippen LogP contribution < -0.4 is 0 Å². The summed E-state index contributed by atoms with van der Waals surface area (Å²) in [5, 5.41) is 0. The second-order valence-corrected chi connectivity index (χ2v) is 5.40. The molecule has 2 unspecified atom stereocenters. The highest BCUT2D eigenvalue weighted by Gasteiger charge is 2.45. The summed E-state index contributed by atoms with van der Waals surface area (Å²) in [5.74, 6) is 0.411. The average Bonchev–Trinajstić information content (AvgIpc) is 2.11. The predicted molar refractivity (Wildman–Crippen MR) is 57.0 cm³/mol. The number of ether oxygens (including phenoxy) is 1. The van der Waals surface area contributed by atoms with Crippen molar-refractivity contribution < 1.29 is 9.53 Å². The Balaban J connectivity index is 2.75. The molecule has 2 nitrogen and oxygen atoms in total. The lowest BCUT2D eigenvalue weighted by Crippen LogP contribution is -2.47. The summed E-state index contributed by atoms with van der Waals surface area (Å²) in [7, 11) is 0. The molecular formula is C12H22O2. The molecule has 1 saturated heterocycles. The van der Waals surface area contributed by atoms with Crippen LogP contribution in [-0.2, 0) is 9.53 Å². The first kappa shape index (κ1) is 11.5. The van der Waals surface area contributed by atoms with Gasteiger partial charge in [-0.15, -0.1) is 0 Å². The Morgan fingerprint density at radius 2 is 1.93 bits per heavy atom. The Labute approximate surface area is 87.0 Å².